The number of aryl methyl sites for hydroxylation is 1. The topological polar surface area (TPSA) is 34.2 Å². The Morgan fingerprint density at radius 3 is 2.50 bits per heavy atom. The quantitative estimate of drug-likeness (QED) is 0.893. The van der Waals surface area contributed by atoms with Gasteiger partial charge in [0.1, 0.15) is 11.6 Å². The summed E-state index contributed by atoms with van der Waals surface area (Å²) in [6, 6.07) is 6.26. The van der Waals surface area contributed by atoms with E-state index in [0.29, 0.717) is 5.92 Å². The van der Waals surface area contributed by atoms with Gasteiger partial charge in [0.05, 0.1) is 12.6 Å². The van der Waals surface area contributed by atoms with Gasteiger partial charge < -0.3 is 10.1 Å². The van der Waals surface area contributed by atoms with Crippen LogP contribution in [0.3, 0.4) is 0 Å². The Labute approximate surface area is 108 Å². The SMILES string of the molecule is CNc1nc2c(C)cc(OC)cc2cc1C(C)C. The zero-order chi connectivity index (χ0) is 13.3. The van der Waals surface area contributed by atoms with E-state index in [0.717, 1.165) is 28.0 Å². The number of hydrogen-bond acceptors (Lipinski definition) is 3. The predicted molar refractivity (Wildman–Crippen MR) is 76.7 cm³/mol. The van der Waals surface area contributed by atoms with E-state index >= 15 is 0 Å². The molecule has 1 aromatic carbocycles. The molecule has 0 amide bonds. The summed E-state index contributed by atoms with van der Waals surface area (Å²) in [7, 11) is 3.61. The lowest BCUT2D eigenvalue weighted by Gasteiger charge is -2.14. The van der Waals surface area contributed by atoms with Crippen LogP contribution in [0.25, 0.3) is 10.9 Å². The molecule has 0 bridgehead atoms. The Hall–Kier alpha value is -1.77. The van der Waals surface area contributed by atoms with Gasteiger partial charge in [-0.05, 0) is 42.2 Å². The van der Waals surface area contributed by atoms with Gasteiger partial charge in [-0.15, -0.1) is 0 Å². The Morgan fingerprint density at radius 2 is 1.94 bits per heavy atom. The summed E-state index contributed by atoms with van der Waals surface area (Å²) in [5.41, 5.74) is 3.40. The van der Waals surface area contributed by atoms with E-state index in [4.69, 9.17) is 9.72 Å². The number of ether oxygens (including phenoxy) is 1. The Balaban J connectivity index is 2.74. The van der Waals surface area contributed by atoms with Crippen molar-refractivity contribution in [3.8, 4) is 5.75 Å². The van der Waals surface area contributed by atoms with Crippen molar-refractivity contribution in [3.63, 3.8) is 0 Å². The number of nitrogens with zero attached hydrogens (tertiary/aromatic N) is 1. The summed E-state index contributed by atoms with van der Waals surface area (Å²) in [6.07, 6.45) is 0. The lowest BCUT2D eigenvalue weighted by atomic mass is 10.0. The molecule has 0 saturated carbocycles. The third-order valence-electron chi connectivity index (χ3n) is 3.21. The first-order valence-corrected chi connectivity index (χ1v) is 6.24. The Morgan fingerprint density at radius 1 is 1.22 bits per heavy atom. The second kappa shape index (κ2) is 4.84. The van der Waals surface area contributed by atoms with E-state index in [1.54, 1.807) is 7.11 Å². The van der Waals surface area contributed by atoms with Crippen molar-refractivity contribution in [1.29, 1.82) is 0 Å². The Kier molecular flexibility index (Phi) is 3.41. The van der Waals surface area contributed by atoms with Gasteiger partial charge in [0.2, 0.25) is 0 Å². The maximum atomic E-state index is 5.32. The summed E-state index contributed by atoms with van der Waals surface area (Å²) in [6.45, 7) is 6.42. The average Bonchev–Trinajstić information content (AvgIpc) is 2.37. The van der Waals surface area contributed by atoms with Crippen molar-refractivity contribution in [2.75, 3.05) is 19.5 Å². The average molecular weight is 244 g/mol. The van der Waals surface area contributed by atoms with Gasteiger partial charge in [-0.2, -0.15) is 0 Å². The van der Waals surface area contributed by atoms with Gasteiger partial charge in [-0.25, -0.2) is 4.98 Å². The van der Waals surface area contributed by atoms with Crippen LogP contribution < -0.4 is 10.1 Å². The van der Waals surface area contributed by atoms with Crippen LogP contribution in [0.2, 0.25) is 0 Å². The zero-order valence-corrected chi connectivity index (χ0v) is 11.7. The summed E-state index contributed by atoms with van der Waals surface area (Å²) in [5, 5.41) is 4.32. The fourth-order valence-electron chi connectivity index (χ4n) is 2.21. The summed E-state index contributed by atoms with van der Waals surface area (Å²) in [4.78, 5) is 4.72. The normalized spacial score (nSPS) is 11.0. The molecule has 1 aromatic heterocycles. The molecule has 0 atom stereocenters. The highest BCUT2D eigenvalue weighted by atomic mass is 16.5. The van der Waals surface area contributed by atoms with Crippen molar-refractivity contribution in [3.05, 3.63) is 29.3 Å². The molecule has 0 aliphatic heterocycles. The van der Waals surface area contributed by atoms with Crippen LogP contribution in [0.4, 0.5) is 5.82 Å². The predicted octanol–water partition coefficient (Wildman–Crippen LogP) is 3.72. The van der Waals surface area contributed by atoms with Gasteiger partial charge in [-0.3, -0.25) is 0 Å². The first-order valence-electron chi connectivity index (χ1n) is 6.24. The first kappa shape index (κ1) is 12.7. The highest BCUT2D eigenvalue weighted by molar-refractivity contribution is 5.86. The van der Waals surface area contributed by atoms with E-state index in [2.05, 4.69) is 32.2 Å². The lowest BCUT2D eigenvalue weighted by Crippen LogP contribution is -2.01. The maximum Gasteiger partial charge on any atom is 0.129 e. The van der Waals surface area contributed by atoms with Crippen LogP contribution in [0.15, 0.2) is 18.2 Å². The summed E-state index contributed by atoms with van der Waals surface area (Å²) >= 11 is 0. The minimum Gasteiger partial charge on any atom is -0.497 e. The third kappa shape index (κ3) is 2.13. The van der Waals surface area contributed by atoms with Gasteiger partial charge in [0.25, 0.3) is 0 Å². The van der Waals surface area contributed by atoms with Crippen LogP contribution in [0.1, 0.15) is 30.9 Å². The molecule has 1 N–H and O–H groups in total. The molecular formula is C15H20N2O. The van der Waals surface area contributed by atoms with Crippen LogP contribution in [0.5, 0.6) is 5.75 Å². The van der Waals surface area contributed by atoms with E-state index < -0.39 is 0 Å². The number of hydrogen-bond donors (Lipinski definition) is 1. The highest BCUT2D eigenvalue weighted by Crippen LogP contribution is 2.30. The number of pyridine rings is 1. The van der Waals surface area contributed by atoms with Crippen LogP contribution >= 0.6 is 0 Å². The molecule has 0 radical (unpaired) electrons. The number of benzene rings is 1. The summed E-state index contributed by atoms with van der Waals surface area (Å²) in [5.74, 6) is 2.29. The molecule has 0 spiro atoms. The standard InChI is InChI=1S/C15H20N2O/c1-9(2)13-8-11-7-12(18-5)6-10(3)14(11)17-15(13)16-4/h6-9H,1-5H3,(H,16,17). The second-order valence-corrected chi connectivity index (χ2v) is 4.85. The molecule has 2 aromatic rings. The van der Waals surface area contributed by atoms with Crippen molar-refractivity contribution in [2.24, 2.45) is 0 Å². The van der Waals surface area contributed by atoms with E-state index in [9.17, 15) is 0 Å². The van der Waals surface area contributed by atoms with Crippen LogP contribution in [0, 0.1) is 6.92 Å². The third-order valence-corrected chi connectivity index (χ3v) is 3.21. The van der Waals surface area contributed by atoms with Gasteiger partial charge >= 0.3 is 0 Å². The fraction of sp³-hybridized carbons (Fsp3) is 0.400. The van der Waals surface area contributed by atoms with E-state index in [1.165, 1.54) is 5.56 Å². The minimum atomic E-state index is 0.441. The maximum absolute atomic E-state index is 5.32. The van der Waals surface area contributed by atoms with E-state index in [-0.39, 0.29) is 0 Å². The molecule has 2 rings (SSSR count). The molecule has 0 unspecified atom stereocenters. The molecule has 0 aliphatic carbocycles. The number of fused-ring (bicyclic) bond motifs is 1. The van der Waals surface area contributed by atoms with Gasteiger partial charge in [0, 0.05) is 12.4 Å². The van der Waals surface area contributed by atoms with Gasteiger partial charge in [-0.1, -0.05) is 13.8 Å². The summed E-state index contributed by atoms with van der Waals surface area (Å²) < 4.78 is 5.32. The smallest absolute Gasteiger partial charge is 0.129 e. The number of anilines is 1. The van der Waals surface area contributed by atoms with Crippen molar-refractivity contribution >= 4 is 16.7 Å². The Bertz CT molecular complexity index is 576. The first-order chi connectivity index (χ1) is 8.56. The molecule has 3 nitrogen and oxygen atoms in total. The molecule has 96 valence electrons. The minimum absolute atomic E-state index is 0.441. The molecule has 18 heavy (non-hydrogen) atoms. The fourth-order valence-corrected chi connectivity index (χ4v) is 2.21. The molecule has 0 aliphatic rings. The van der Waals surface area contributed by atoms with Crippen molar-refractivity contribution in [1.82, 2.24) is 4.98 Å². The largest absolute Gasteiger partial charge is 0.497 e. The highest BCUT2D eigenvalue weighted by Gasteiger charge is 2.11. The number of nitrogens with one attached hydrogen (secondary N) is 1. The van der Waals surface area contributed by atoms with E-state index in [1.807, 2.05) is 19.2 Å². The van der Waals surface area contributed by atoms with Crippen molar-refractivity contribution in [2.45, 2.75) is 26.7 Å². The van der Waals surface area contributed by atoms with Crippen LogP contribution in [-0.4, -0.2) is 19.1 Å². The van der Waals surface area contributed by atoms with Crippen molar-refractivity contribution < 1.29 is 4.74 Å². The van der Waals surface area contributed by atoms with Crippen LogP contribution in [-0.2, 0) is 0 Å². The molecule has 1 heterocycles. The molecule has 0 saturated heterocycles. The molecular weight excluding hydrogens is 224 g/mol. The monoisotopic (exact) mass is 244 g/mol. The zero-order valence-electron chi connectivity index (χ0n) is 11.7. The lowest BCUT2D eigenvalue weighted by molar-refractivity contribution is 0.415. The number of methoxy groups -OCH3 is 1. The molecule has 3 heteroatoms. The number of aromatic nitrogens is 1. The van der Waals surface area contributed by atoms with Gasteiger partial charge in [0.15, 0.2) is 0 Å². The number of rotatable bonds is 3. The molecule has 0 fully saturated rings. The second-order valence-electron chi connectivity index (χ2n) is 4.85.